The van der Waals surface area contributed by atoms with Crippen LogP contribution in [-0.2, 0) is 9.59 Å². The Hall–Kier alpha value is -1.47. The lowest BCUT2D eigenvalue weighted by Gasteiger charge is -2.72. The zero-order valence-electron chi connectivity index (χ0n) is 23.0. The lowest BCUT2D eigenvalue weighted by atomic mass is 9.31. The van der Waals surface area contributed by atoms with E-state index in [0.29, 0.717) is 12.2 Å². The zero-order chi connectivity index (χ0) is 25.8. The minimum absolute atomic E-state index is 0.0120. The van der Waals surface area contributed by atoms with Crippen molar-refractivity contribution >= 4 is 11.6 Å². The van der Waals surface area contributed by atoms with Crippen molar-refractivity contribution in [3.63, 3.8) is 0 Å². The van der Waals surface area contributed by atoms with Gasteiger partial charge in [0.25, 0.3) is 0 Å². The topological polar surface area (TPSA) is 78.2 Å². The van der Waals surface area contributed by atoms with E-state index in [0.717, 1.165) is 44.9 Å². The van der Waals surface area contributed by atoms with Gasteiger partial charge in [0, 0.05) is 24.4 Å². The average Bonchev–Trinajstić information content (AvgIpc) is 2.77. The third-order valence-corrected chi connectivity index (χ3v) is 13.0. The molecule has 0 aromatic carbocycles. The number of Topliss-reactive ketones (excluding diaryl/α,β-unsaturated/α-hetero) is 2. The van der Waals surface area contributed by atoms with E-state index in [1.807, 2.05) is 19.9 Å². The molecule has 0 radical (unpaired) electrons. The van der Waals surface area contributed by atoms with E-state index in [2.05, 4.69) is 40.7 Å². The fraction of sp³-hybridized carbons (Fsp3) is 0.839. The molecule has 0 unspecified atom stereocenters. The van der Waals surface area contributed by atoms with E-state index in [-0.39, 0.29) is 68.7 Å². The Morgan fingerprint density at radius 2 is 1.60 bits per heavy atom. The monoisotopic (exact) mass is 479 g/mol. The number of nitrogens with zero attached hydrogens (tertiary/aromatic N) is 1. The Labute approximate surface area is 211 Å². The van der Waals surface area contributed by atoms with Gasteiger partial charge in [-0.2, -0.15) is 5.26 Å². The number of rotatable bonds is 1. The van der Waals surface area contributed by atoms with E-state index in [4.69, 9.17) is 0 Å². The smallest absolute Gasteiger partial charge is 0.178 e. The van der Waals surface area contributed by atoms with Crippen LogP contribution in [0.4, 0.5) is 0 Å². The summed E-state index contributed by atoms with van der Waals surface area (Å²) in [5.74, 6) is 0.823. The standard InChI is InChI=1S/C31H45NO3/c1-26(2)10-12-31(18-33)13-11-30(7)24(20(31)16-26)21(34)14-23-28(5)15-19(17-32)25(35)27(3,4)22(28)8-9-29(23,30)6/h15,20,22-24,33H,8-14,16,18H2,1-7H3/t20-,22-,23+,24-,28-,29+,30+,31+/m0/s1. The van der Waals surface area contributed by atoms with Crippen molar-refractivity contribution in [2.75, 3.05) is 6.61 Å². The van der Waals surface area contributed by atoms with Gasteiger partial charge in [-0.25, -0.2) is 0 Å². The van der Waals surface area contributed by atoms with E-state index >= 15 is 0 Å². The number of carbonyl (C=O) groups excluding carboxylic acids is 2. The summed E-state index contributed by atoms with van der Waals surface area (Å²) in [5.41, 5.74) is -0.764. The second kappa shape index (κ2) is 7.31. The summed E-state index contributed by atoms with van der Waals surface area (Å²) in [7, 11) is 0. The molecule has 5 aliphatic carbocycles. The van der Waals surface area contributed by atoms with Crippen LogP contribution >= 0.6 is 0 Å². The van der Waals surface area contributed by atoms with Crippen molar-refractivity contribution < 1.29 is 14.7 Å². The molecule has 0 aromatic rings. The predicted octanol–water partition coefficient (Wildman–Crippen LogP) is 6.28. The van der Waals surface area contributed by atoms with Gasteiger partial charge in [0.05, 0.1) is 5.57 Å². The minimum atomic E-state index is -0.595. The SMILES string of the molecule is CC1(C)CC[C@]2(CO)CC[C@]3(C)[C@H](C(=O)C[C@@H]4[C@@]5(C)C=C(C#N)C(=O)C(C)(C)[C@@H]5CC[C@]43C)[C@@H]2C1. The third kappa shape index (κ3) is 3.00. The van der Waals surface area contributed by atoms with E-state index in [9.17, 15) is 20.0 Å². The number of nitriles is 1. The summed E-state index contributed by atoms with van der Waals surface area (Å²) < 4.78 is 0. The van der Waals surface area contributed by atoms with Crippen LogP contribution in [0.5, 0.6) is 0 Å². The van der Waals surface area contributed by atoms with Crippen molar-refractivity contribution in [3.8, 4) is 6.07 Å². The Morgan fingerprint density at radius 3 is 2.23 bits per heavy atom. The van der Waals surface area contributed by atoms with Crippen LogP contribution in [-0.4, -0.2) is 23.3 Å². The Morgan fingerprint density at radius 1 is 0.943 bits per heavy atom. The van der Waals surface area contributed by atoms with Gasteiger partial charge < -0.3 is 5.11 Å². The van der Waals surface area contributed by atoms with Crippen molar-refractivity contribution in [2.45, 2.75) is 99.8 Å². The maximum Gasteiger partial charge on any atom is 0.178 e. The predicted molar refractivity (Wildman–Crippen MR) is 136 cm³/mol. The molecule has 192 valence electrons. The number of fused-ring (bicyclic) bond motifs is 7. The number of allylic oxidation sites excluding steroid dienone is 2. The summed E-state index contributed by atoms with van der Waals surface area (Å²) in [6, 6.07) is 2.21. The molecule has 4 saturated carbocycles. The molecule has 0 amide bonds. The van der Waals surface area contributed by atoms with Crippen LogP contribution in [0.1, 0.15) is 99.8 Å². The number of aliphatic hydroxyl groups excluding tert-OH is 1. The highest BCUT2D eigenvalue weighted by atomic mass is 16.3. The maximum atomic E-state index is 14.3. The second-order valence-electron chi connectivity index (χ2n) is 15.2. The molecule has 35 heavy (non-hydrogen) atoms. The molecule has 1 N–H and O–H groups in total. The van der Waals surface area contributed by atoms with Crippen molar-refractivity contribution in [1.29, 1.82) is 5.26 Å². The molecule has 8 atom stereocenters. The zero-order valence-corrected chi connectivity index (χ0v) is 23.0. The molecule has 0 spiro atoms. The van der Waals surface area contributed by atoms with Gasteiger partial charge in [-0.15, -0.1) is 0 Å². The normalized spacial score (nSPS) is 50.1. The Kier molecular flexibility index (Phi) is 5.26. The average molecular weight is 480 g/mol. The highest BCUT2D eigenvalue weighted by Crippen LogP contribution is 2.75. The first-order chi connectivity index (χ1) is 16.1. The van der Waals surface area contributed by atoms with E-state index < -0.39 is 5.41 Å². The van der Waals surface area contributed by atoms with Crippen LogP contribution in [0.15, 0.2) is 11.6 Å². The first-order valence-electron chi connectivity index (χ1n) is 13.9. The van der Waals surface area contributed by atoms with Crippen LogP contribution in [0.25, 0.3) is 0 Å². The summed E-state index contributed by atoms with van der Waals surface area (Å²) in [6.07, 6.45) is 9.61. The largest absolute Gasteiger partial charge is 0.396 e. The van der Waals surface area contributed by atoms with E-state index in [1.54, 1.807) is 0 Å². The minimum Gasteiger partial charge on any atom is -0.396 e. The van der Waals surface area contributed by atoms with Gasteiger partial charge in [0.2, 0.25) is 0 Å². The van der Waals surface area contributed by atoms with Gasteiger partial charge in [0.1, 0.15) is 11.9 Å². The molecule has 0 bridgehead atoms. The van der Waals surface area contributed by atoms with Gasteiger partial charge in [-0.3, -0.25) is 9.59 Å². The molecule has 0 aliphatic heterocycles. The molecule has 5 aliphatic rings. The Bertz CT molecular complexity index is 1050. The molecule has 4 heteroatoms. The van der Waals surface area contributed by atoms with Gasteiger partial charge in [-0.1, -0.05) is 54.5 Å². The van der Waals surface area contributed by atoms with Crippen LogP contribution in [0.3, 0.4) is 0 Å². The van der Waals surface area contributed by atoms with Crippen molar-refractivity contribution in [3.05, 3.63) is 11.6 Å². The molecule has 4 nitrogen and oxygen atoms in total. The highest BCUT2D eigenvalue weighted by Gasteiger charge is 2.72. The lowest BCUT2D eigenvalue weighted by Crippen LogP contribution is -2.68. The van der Waals surface area contributed by atoms with Crippen molar-refractivity contribution in [1.82, 2.24) is 0 Å². The number of aliphatic hydroxyl groups is 1. The molecule has 0 aromatic heterocycles. The number of hydrogen-bond acceptors (Lipinski definition) is 4. The first kappa shape index (κ1) is 25.2. The summed E-state index contributed by atoms with van der Waals surface area (Å²) in [6.45, 7) is 16.0. The quantitative estimate of drug-likeness (QED) is 0.480. The molecule has 0 heterocycles. The van der Waals surface area contributed by atoms with Gasteiger partial charge in [0.15, 0.2) is 5.78 Å². The number of ketones is 2. The van der Waals surface area contributed by atoms with Gasteiger partial charge in [-0.05, 0) is 89.8 Å². The molecule has 5 rings (SSSR count). The van der Waals surface area contributed by atoms with Crippen molar-refractivity contribution in [2.24, 2.45) is 56.2 Å². The fourth-order valence-electron chi connectivity index (χ4n) is 10.7. The summed E-state index contributed by atoms with van der Waals surface area (Å²) in [4.78, 5) is 27.5. The van der Waals surface area contributed by atoms with E-state index in [1.165, 1.54) is 0 Å². The number of hydrogen-bond donors (Lipinski definition) is 1. The number of carbonyl (C=O) groups is 2. The first-order valence-corrected chi connectivity index (χ1v) is 13.9. The molecule has 4 fully saturated rings. The van der Waals surface area contributed by atoms with Crippen LogP contribution < -0.4 is 0 Å². The third-order valence-electron chi connectivity index (χ3n) is 13.0. The lowest BCUT2D eigenvalue weighted by molar-refractivity contribution is -0.226. The van der Waals surface area contributed by atoms with Gasteiger partial charge >= 0.3 is 0 Å². The van der Waals surface area contributed by atoms with Crippen LogP contribution in [0, 0.1) is 67.5 Å². The van der Waals surface area contributed by atoms with Crippen LogP contribution in [0.2, 0.25) is 0 Å². The highest BCUT2D eigenvalue weighted by molar-refractivity contribution is 6.04. The molecule has 0 saturated heterocycles. The fourth-order valence-corrected chi connectivity index (χ4v) is 10.7. The Balaban J connectivity index is 1.63. The summed E-state index contributed by atoms with van der Waals surface area (Å²) in [5, 5.41) is 20.5. The molecular formula is C31H45NO3. The molecular weight excluding hydrogens is 434 g/mol. The second-order valence-corrected chi connectivity index (χ2v) is 15.2. The maximum absolute atomic E-state index is 14.3. The summed E-state index contributed by atoms with van der Waals surface area (Å²) >= 11 is 0.